The van der Waals surface area contributed by atoms with E-state index < -0.39 is 24.3 Å². The van der Waals surface area contributed by atoms with Gasteiger partial charge in [0.25, 0.3) is 0 Å². The molecule has 1 saturated carbocycles. The van der Waals surface area contributed by atoms with Crippen LogP contribution in [0.15, 0.2) is 16.6 Å². The van der Waals surface area contributed by atoms with Crippen molar-refractivity contribution in [3.63, 3.8) is 0 Å². The molecular weight excluding hydrogens is 284 g/mol. The number of hydrogen-bond donors (Lipinski definition) is 4. The molecular formula is C15H26N4O3. The first-order valence-corrected chi connectivity index (χ1v) is 7.88. The number of nitrogens with one attached hydrogen (secondary N) is 1. The van der Waals surface area contributed by atoms with Crippen molar-refractivity contribution in [3.8, 4) is 0 Å². The second kappa shape index (κ2) is 7.11. The molecule has 0 aromatic rings. The number of nitrogens with two attached hydrogens (primary N) is 2. The molecule has 0 saturated heterocycles. The van der Waals surface area contributed by atoms with Gasteiger partial charge >= 0.3 is 5.97 Å². The lowest BCUT2D eigenvalue weighted by Crippen LogP contribution is -2.58. The number of allylic oxidation sites excluding steroid dienone is 1. The Morgan fingerprint density at radius 2 is 2.45 bits per heavy atom. The first kappa shape index (κ1) is 16.8. The lowest BCUT2D eigenvalue weighted by Gasteiger charge is -2.36. The summed E-state index contributed by atoms with van der Waals surface area (Å²) in [5.74, 6) is -0.235. The van der Waals surface area contributed by atoms with Crippen LogP contribution in [-0.2, 0) is 9.53 Å². The van der Waals surface area contributed by atoms with Crippen LogP contribution < -0.4 is 16.8 Å². The smallest absolute Gasteiger partial charge is 0.327 e. The average Bonchev–Trinajstić information content (AvgIpc) is 3.07. The van der Waals surface area contributed by atoms with Gasteiger partial charge in [0.1, 0.15) is 6.04 Å². The highest BCUT2D eigenvalue weighted by atomic mass is 16.6. The largest absolute Gasteiger partial charge is 0.434 e. The van der Waals surface area contributed by atoms with E-state index in [1.165, 1.54) is 5.57 Å². The van der Waals surface area contributed by atoms with E-state index in [1.54, 1.807) is 0 Å². The van der Waals surface area contributed by atoms with Crippen molar-refractivity contribution in [2.45, 2.75) is 50.8 Å². The summed E-state index contributed by atoms with van der Waals surface area (Å²) in [5, 5.41) is 12.1. The van der Waals surface area contributed by atoms with Crippen LogP contribution in [-0.4, -0.2) is 42.0 Å². The third-order valence-electron chi connectivity index (χ3n) is 4.23. The third-order valence-corrected chi connectivity index (χ3v) is 4.23. The van der Waals surface area contributed by atoms with Crippen molar-refractivity contribution in [1.29, 1.82) is 0 Å². The molecule has 0 amide bonds. The van der Waals surface area contributed by atoms with Gasteiger partial charge in [0.2, 0.25) is 5.72 Å². The number of aliphatic hydroxyl groups is 1. The predicted octanol–water partition coefficient (Wildman–Crippen LogP) is -0.01000. The molecule has 7 nitrogen and oxygen atoms in total. The molecule has 0 radical (unpaired) electrons. The van der Waals surface area contributed by atoms with Gasteiger partial charge in [0.15, 0.2) is 5.96 Å². The van der Waals surface area contributed by atoms with Crippen molar-refractivity contribution in [3.05, 3.63) is 11.6 Å². The summed E-state index contributed by atoms with van der Waals surface area (Å²) in [5.41, 5.74) is 11.8. The SMILES string of the molecule is CCCCN=C(N)NC1(OC(=O)[C@@H](N)CO)C=C2CCC1C2. The van der Waals surface area contributed by atoms with Crippen molar-refractivity contribution in [2.75, 3.05) is 13.2 Å². The number of guanidine groups is 1. The number of hydrogen-bond acceptors (Lipinski definition) is 5. The molecule has 0 aromatic carbocycles. The van der Waals surface area contributed by atoms with Gasteiger partial charge in [0.05, 0.1) is 6.61 Å². The Bertz CT molecular complexity index is 477. The molecule has 0 aliphatic heterocycles. The Morgan fingerprint density at radius 3 is 3.00 bits per heavy atom. The monoisotopic (exact) mass is 310 g/mol. The Labute approximate surface area is 130 Å². The van der Waals surface area contributed by atoms with Gasteiger partial charge in [-0.25, -0.2) is 0 Å². The molecule has 1 fully saturated rings. The molecule has 2 aliphatic carbocycles. The van der Waals surface area contributed by atoms with E-state index in [1.807, 2.05) is 6.08 Å². The molecule has 0 spiro atoms. The maximum Gasteiger partial charge on any atom is 0.327 e. The molecule has 3 atom stereocenters. The number of aliphatic imine (C=N–C) groups is 1. The summed E-state index contributed by atoms with van der Waals surface area (Å²) >= 11 is 0. The third kappa shape index (κ3) is 3.59. The summed E-state index contributed by atoms with van der Waals surface area (Å²) in [6.45, 7) is 2.27. The Kier molecular flexibility index (Phi) is 5.42. The molecule has 2 bridgehead atoms. The Hall–Kier alpha value is -1.60. The molecule has 2 rings (SSSR count). The maximum absolute atomic E-state index is 12.0. The van der Waals surface area contributed by atoms with Gasteiger partial charge < -0.3 is 26.6 Å². The first-order chi connectivity index (χ1) is 10.5. The molecule has 0 aromatic heterocycles. The lowest BCUT2D eigenvalue weighted by atomic mass is 9.95. The number of aliphatic hydroxyl groups excluding tert-OH is 1. The molecule has 0 heterocycles. The van der Waals surface area contributed by atoms with E-state index >= 15 is 0 Å². The minimum atomic E-state index is -1.05. The Morgan fingerprint density at radius 1 is 1.68 bits per heavy atom. The zero-order chi connectivity index (χ0) is 16.2. The van der Waals surface area contributed by atoms with Crippen LogP contribution in [0.3, 0.4) is 0 Å². The van der Waals surface area contributed by atoms with E-state index in [4.69, 9.17) is 21.3 Å². The molecule has 124 valence electrons. The molecule has 6 N–H and O–H groups in total. The molecule has 22 heavy (non-hydrogen) atoms. The van der Waals surface area contributed by atoms with Crippen LogP contribution in [0.1, 0.15) is 39.0 Å². The molecule has 2 unspecified atom stereocenters. The second-order valence-corrected chi connectivity index (χ2v) is 5.99. The minimum absolute atomic E-state index is 0.136. The number of carbonyl (C=O) groups excluding carboxylic acids is 1. The number of unbranched alkanes of at least 4 members (excludes halogenated alkanes) is 1. The highest BCUT2D eigenvalue weighted by Crippen LogP contribution is 2.46. The van der Waals surface area contributed by atoms with E-state index in [2.05, 4.69) is 17.2 Å². The van der Waals surface area contributed by atoms with E-state index in [0.717, 1.165) is 32.1 Å². The fourth-order valence-corrected chi connectivity index (χ4v) is 2.99. The summed E-state index contributed by atoms with van der Waals surface area (Å²) in [6, 6.07) is -1.05. The topological polar surface area (TPSA) is 123 Å². The Balaban J connectivity index is 2.11. The normalized spacial score (nSPS) is 28.4. The number of carbonyl (C=O) groups is 1. The van der Waals surface area contributed by atoms with Gasteiger partial charge in [-0.15, -0.1) is 0 Å². The van der Waals surface area contributed by atoms with Crippen LogP contribution in [0.4, 0.5) is 0 Å². The summed E-state index contributed by atoms with van der Waals surface area (Å²) < 4.78 is 5.59. The number of rotatable bonds is 7. The lowest BCUT2D eigenvalue weighted by molar-refractivity contribution is -0.163. The number of nitrogens with zero attached hydrogens (tertiary/aromatic N) is 1. The highest BCUT2D eigenvalue weighted by Gasteiger charge is 2.49. The van der Waals surface area contributed by atoms with E-state index in [0.29, 0.717) is 6.54 Å². The fraction of sp³-hybridized carbons (Fsp3) is 0.733. The van der Waals surface area contributed by atoms with Crippen LogP contribution in [0.5, 0.6) is 0 Å². The van der Waals surface area contributed by atoms with Crippen LogP contribution in [0.2, 0.25) is 0 Å². The van der Waals surface area contributed by atoms with Gasteiger partial charge in [-0.3, -0.25) is 9.79 Å². The first-order valence-electron chi connectivity index (χ1n) is 7.88. The average molecular weight is 310 g/mol. The summed E-state index contributed by atoms with van der Waals surface area (Å²) in [7, 11) is 0. The van der Waals surface area contributed by atoms with Crippen molar-refractivity contribution >= 4 is 11.9 Å². The fourth-order valence-electron chi connectivity index (χ4n) is 2.99. The highest BCUT2D eigenvalue weighted by molar-refractivity contribution is 5.81. The van der Waals surface area contributed by atoms with E-state index in [-0.39, 0.29) is 11.9 Å². The molecule has 2 aliphatic rings. The zero-order valence-corrected chi connectivity index (χ0v) is 13.0. The minimum Gasteiger partial charge on any atom is -0.434 e. The number of esters is 1. The number of ether oxygens (including phenoxy) is 1. The summed E-state index contributed by atoms with van der Waals surface area (Å²) in [4.78, 5) is 16.3. The standard InChI is InChI=1S/C15H26N4O3/c1-2-3-6-18-14(17)19-15(22-13(21)12(16)9-20)8-10-4-5-11(15)7-10/h8,11-12,20H,2-7,9,16H2,1H3,(H3,17,18,19)/t11?,12-,15?/m0/s1. The van der Waals surface area contributed by atoms with Gasteiger partial charge in [-0.2, -0.15) is 0 Å². The van der Waals surface area contributed by atoms with Crippen molar-refractivity contribution < 1.29 is 14.6 Å². The van der Waals surface area contributed by atoms with Gasteiger partial charge in [0, 0.05) is 12.5 Å². The van der Waals surface area contributed by atoms with Crippen LogP contribution in [0, 0.1) is 5.92 Å². The van der Waals surface area contributed by atoms with E-state index in [9.17, 15) is 4.79 Å². The predicted molar refractivity (Wildman–Crippen MR) is 83.8 cm³/mol. The van der Waals surface area contributed by atoms with Crippen molar-refractivity contribution in [2.24, 2.45) is 22.4 Å². The van der Waals surface area contributed by atoms with Crippen LogP contribution >= 0.6 is 0 Å². The van der Waals surface area contributed by atoms with Gasteiger partial charge in [-0.1, -0.05) is 18.9 Å². The zero-order valence-electron chi connectivity index (χ0n) is 13.0. The second-order valence-electron chi connectivity index (χ2n) is 5.99. The van der Waals surface area contributed by atoms with Crippen molar-refractivity contribution in [1.82, 2.24) is 5.32 Å². The maximum atomic E-state index is 12.0. The number of fused-ring (bicyclic) bond motifs is 2. The van der Waals surface area contributed by atoms with Gasteiger partial charge in [-0.05, 0) is 31.8 Å². The van der Waals surface area contributed by atoms with Crippen LogP contribution in [0.25, 0.3) is 0 Å². The quantitative estimate of drug-likeness (QED) is 0.131. The molecule has 7 heteroatoms. The summed E-state index contributed by atoms with van der Waals surface area (Å²) in [6.07, 6.45) is 6.75.